The van der Waals surface area contributed by atoms with Crippen LogP contribution in [-0.4, -0.2) is 30.0 Å². The van der Waals surface area contributed by atoms with Gasteiger partial charge in [-0.25, -0.2) is 0 Å². The van der Waals surface area contributed by atoms with Crippen LogP contribution in [0.25, 0.3) is 17.0 Å². The summed E-state index contributed by atoms with van der Waals surface area (Å²) in [6, 6.07) is 6.69. The van der Waals surface area contributed by atoms with E-state index in [-0.39, 0.29) is 12.0 Å². The molecule has 1 N–H and O–H groups in total. The van der Waals surface area contributed by atoms with Crippen LogP contribution in [0.15, 0.2) is 45.2 Å². The van der Waals surface area contributed by atoms with E-state index in [0.717, 1.165) is 5.56 Å². The van der Waals surface area contributed by atoms with Crippen LogP contribution in [0.4, 0.5) is 0 Å². The number of hydrogen-bond acceptors (Lipinski definition) is 5. The van der Waals surface area contributed by atoms with Gasteiger partial charge in [0.1, 0.15) is 5.58 Å². The number of aliphatic hydroxyl groups excluding tert-OH is 1. The van der Waals surface area contributed by atoms with E-state index in [1.54, 1.807) is 18.2 Å². The van der Waals surface area contributed by atoms with E-state index < -0.39 is 18.3 Å². The highest BCUT2D eigenvalue weighted by molar-refractivity contribution is 6.55. The molecule has 3 rings (SSSR count). The fourth-order valence-corrected chi connectivity index (χ4v) is 2.59. The number of benzene rings is 1. The van der Waals surface area contributed by atoms with E-state index >= 15 is 0 Å². The number of aliphatic hydroxyl groups is 1. The van der Waals surface area contributed by atoms with Crippen molar-refractivity contribution >= 4 is 24.2 Å². The summed E-state index contributed by atoms with van der Waals surface area (Å²) in [7, 11) is -0.622. The summed E-state index contributed by atoms with van der Waals surface area (Å²) >= 11 is 0. The second-order valence-corrected chi connectivity index (χ2v) is 7.01. The fraction of sp³-hybridized carbons (Fsp3) is 0.389. The summed E-state index contributed by atoms with van der Waals surface area (Å²) < 4.78 is 17.3. The van der Waals surface area contributed by atoms with Gasteiger partial charge in [-0.3, -0.25) is 4.79 Å². The zero-order valence-corrected chi connectivity index (χ0v) is 14.3. The largest absolute Gasteiger partial charge is 0.492 e. The van der Waals surface area contributed by atoms with E-state index in [4.69, 9.17) is 13.7 Å². The lowest BCUT2D eigenvalue weighted by Crippen LogP contribution is -2.41. The summed E-state index contributed by atoms with van der Waals surface area (Å²) in [4.78, 5) is 11.9. The van der Waals surface area contributed by atoms with Crippen LogP contribution in [0, 0.1) is 0 Å². The minimum Gasteiger partial charge on any atom is -0.464 e. The highest BCUT2D eigenvalue weighted by atomic mass is 16.7. The topological polar surface area (TPSA) is 68.9 Å². The molecule has 1 aliphatic heterocycles. The summed E-state index contributed by atoms with van der Waals surface area (Å²) in [5.74, 6) is 0. The number of fused-ring (bicyclic) bond motifs is 1. The van der Waals surface area contributed by atoms with Crippen molar-refractivity contribution in [3.8, 4) is 0 Å². The van der Waals surface area contributed by atoms with Crippen molar-refractivity contribution in [3.05, 3.63) is 51.8 Å². The van der Waals surface area contributed by atoms with Crippen molar-refractivity contribution in [2.45, 2.75) is 38.9 Å². The van der Waals surface area contributed by atoms with Crippen LogP contribution in [0.1, 0.15) is 33.3 Å². The van der Waals surface area contributed by atoms with Gasteiger partial charge in [0.25, 0.3) is 0 Å². The Morgan fingerprint density at radius 1 is 1.17 bits per heavy atom. The molecule has 1 aliphatic rings. The molecule has 24 heavy (non-hydrogen) atoms. The Morgan fingerprint density at radius 2 is 1.83 bits per heavy atom. The van der Waals surface area contributed by atoms with E-state index in [2.05, 4.69) is 0 Å². The van der Waals surface area contributed by atoms with Crippen LogP contribution >= 0.6 is 0 Å². The van der Waals surface area contributed by atoms with Gasteiger partial charge >= 0.3 is 7.12 Å². The predicted octanol–water partition coefficient (Wildman–Crippen LogP) is 2.80. The van der Waals surface area contributed by atoms with Crippen LogP contribution < -0.4 is 5.43 Å². The molecule has 0 atom stereocenters. The Bertz CT molecular complexity index is 834. The Balaban J connectivity index is 1.97. The van der Waals surface area contributed by atoms with E-state index in [1.807, 2.05) is 33.8 Å². The molecule has 0 spiro atoms. The van der Waals surface area contributed by atoms with Crippen LogP contribution in [-0.2, 0) is 9.31 Å². The van der Waals surface area contributed by atoms with Gasteiger partial charge in [-0.05, 0) is 50.9 Å². The van der Waals surface area contributed by atoms with Gasteiger partial charge in [0.2, 0.25) is 0 Å². The van der Waals surface area contributed by atoms with Crippen LogP contribution in [0.3, 0.4) is 0 Å². The molecule has 6 heteroatoms. The Hall–Kier alpha value is -1.89. The molecule has 1 aromatic heterocycles. The van der Waals surface area contributed by atoms with Crippen molar-refractivity contribution in [2.24, 2.45) is 0 Å². The lowest BCUT2D eigenvalue weighted by Gasteiger charge is -2.32. The average molecular weight is 328 g/mol. The second-order valence-electron chi connectivity index (χ2n) is 7.01. The van der Waals surface area contributed by atoms with Gasteiger partial charge in [0, 0.05) is 6.07 Å². The summed E-state index contributed by atoms with van der Waals surface area (Å²) in [5.41, 5.74) is 0.855. The van der Waals surface area contributed by atoms with Gasteiger partial charge in [-0.1, -0.05) is 12.1 Å². The lowest BCUT2D eigenvalue weighted by molar-refractivity contribution is 0.00578. The standard InChI is InChI=1S/C18H21BO5/c1-17(2)18(3,4)24-19(23-17)13(11-20)9-12-5-6-16-14(10-12)15(21)7-8-22-16/h5-10,20H,11H2,1-4H3. The summed E-state index contributed by atoms with van der Waals surface area (Å²) in [5, 5.41) is 10.2. The molecule has 1 fully saturated rings. The molecular weight excluding hydrogens is 307 g/mol. The number of rotatable bonds is 3. The first-order valence-corrected chi connectivity index (χ1v) is 7.92. The zero-order chi connectivity index (χ0) is 17.5. The maximum Gasteiger partial charge on any atom is 0.492 e. The second kappa shape index (κ2) is 5.88. The molecule has 0 amide bonds. The van der Waals surface area contributed by atoms with E-state index in [0.29, 0.717) is 16.4 Å². The molecule has 0 saturated carbocycles. The van der Waals surface area contributed by atoms with Crippen LogP contribution in [0.5, 0.6) is 0 Å². The Morgan fingerprint density at radius 3 is 2.46 bits per heavy atom. The fourth-order valence-electron chi connectivity index (χ4n) is 2.59. The van der Waals surface area contributed by atoms with Crippen molar-refractivity contribution < 1.29 is 18.8 Å². The van der Waals surface area contributed by atoms with Gasteiger partial charge in [-0.2, -0.15) is 0 Å². The van der Waals surface area contributed by atoms with Crippen molar-refractivity contribution in [2.75, 3.05) is 6.61 Å². The van der Waals surface area contributed by atoms with E-state index in [1.165, 1.54) is 12.3 Å². The van der Waals surface area contributed by atoms with Crippen molar-refractivity contribution in [1.82, 2.24) is 0 Å². The number of hydrogen-bond donors (Lipinski definition) is 1. The first-order valence-electron chi connectivity index (χ1n) is 7.92. The molecule has 1 saturated heterocycles. The minimum absolute atomic E-state index is 0.104. The maximum atomic E-state index is 11.9. The maximum absolute atomic E-state index is 11.9. The first kappa shape index (κ1) is 17.0. The molecule has 126 valence electrons. The SMILES string of the molecule is CC1(C)OB(C(=Cc2ccc3occc(=O)c3c2)CO)OC1(C)C. The molecular formula is C18H21BO5. The third-order valence-corrected chi connectivity index (χ3v) is 4.77. The third kappa shape index (κ3) is 2.93. The highest BCUT2D eigenvalue weighted by Crippen LogP contribution is 2.38. The minimum atomic E-state index is -0.622. The molecule has 2 heterocycles. The lowest BCUT2D eigenvalue weighted by atomic mass is 9.77. The average Bonchev–Trinajstić information content (AvgIpc) is 2.73. The monoisotopic (exact) mass is 328 g/mol. The first-order chi connectivity index (χ1) is 11.2. The van der Waals surface area contributed by atoms with Gasteiger partial charge in [0.15, 0.2) is 5.43 Å². The van der Waals surface area contributed by atoms with Gasteiger partial charge in [0.05, 0.1) is 29.5 Å². The quantitative estimate of drug-likeness (QED) is 0.878. The molecule has 0 radical (unpaired) electrons. The van der Waals surface area contributed by atoms with Gasteiger partial charge in [-0.15, -0.1) is 0 Å². The van der Waals surface area contributed by atoms with Gasteiger partial charge < -0.3 is 18.8 Å². The Kier molecular flexibility index (Phi) is 4.15. The van der Waals surface area contributed by atoms with Crippen molar-refractivity contribution in [3.63, 3.8) is 0 Å². The summed E-state index contributed by atoms with van der Waals surface area (Å²) in [6.07, 6.45) is 3.16. The molecule has 2 aromatic rings. The molecule has 1 aromatic carbocycles. The van der Waals surface area contributed by atoms with E-state index in [9.17, 15) is 9.90 Å². The highest BCUT2D eigenvalue weighted by Gasteiger charge is 2.52. The molecule has 5 nitrogen and oxygen atoms in total. The zero-order valence-electron chi connectivity index (χ0n) is 14.3. The Labute approximate surface area is 141 Å². The predicted molar refractivity (Wildman–Crippen MR) is 93.6 cm³/mol. The molecule has 0 unspecified atom stereocenters. The molecule has 0 bridgehead atoms. The third-order valence-electron chi connectivity index (χ3n) is 4.77. The molecule has 0 aliphatic carbocycles. The van der Waals surface area contributed by atoms with Crippen molar-refractivity contribution in [1.29, 1.82) is 0 Å². The summed E-state index contributed by atoms with van der Waals surface area (Å²) in [6.45, 7) is 7.65. The normalized spacial score (nSPS) is 19.9. The van der Waals surface area contributed by atoms with Crippen LogP contribution in [0.2, 0.25) is 0 Å². The smallest absolute Gasteiger partial charge is 0.464 e.